The fourth-order valence-electron chi connectivity index (χ4n) is 5.22. The zero-order valence-corrected chi connectivity index (χ0v) is 19.1. The van der Waals surface area contributed by atoms with Gasteiger partial charge in [-0.25, -0.2) is 8.78 Å². The van der Waals surface area contributed by atoms with Gasteiger partial charge < -0.3 is 9.47 Å². The van der Waals surface area contributed by atoms with Crippen LogP contribution in [0.25, 0.3) is 0 Å². The molecular formula is C27H35F2NO2. The third-order valence-electron chi connectivity index (χ3n) is 7.09. The fraction of sp³-hybridized carbons (Fsp3) is 0.556. The van der Waals surface area contributed by atoms with E-state index in [9.17, 15) is 0 Å². The number of alkyl halides is 2. The Hall–Kier alpha value is -1.82. The highest BCUT2D eigenvalue weighted by Crippen LogP contribution is 2.47. The number of benzene rings is 2. The van der Waals surface area contributed by atoms with Crippen molar-refractivity contribution in [2.24, 2.45) is 5.92 Å². The molecule has 5 atom stereocenters. The number of fused-ring (bicyclic) bond motifs is 1. The molecule has 2 aromatic carbocycles. The minimum atomic E-state index is -2.81. The molecule has 2 aliphatic rings. The molecule has 32 heavy (non-hydrogen) atoms. The quantitative estimate of drug-likeness (QED) is 0.469. The first kappa shape index (κ1) is 23.3. The molecule has 0 spiro atoms. The number of rotatable bonds is 9. The average molecular weight is 444 g/mol. The van der Waals surface area contributed by atoms with Gasteiger partial charge in [0.25, 0.3) is 5.92 Å². The van der Waals surface area contributed by atoms with Crippen LogP contribution < -0.4 is 0 Å². The van der Waals surface area contributed by atoms with Gasteiger partial charge in [-0.05, 0) is 30.5 Å². The molecule has 174 valence electrons. The first-order valence-corrected chi connectivity index (χ1v) is 12.0. The van der Waals surface area contributed by atoms with E-state index in [1.165, 1.54) is 0 Å². The van der Waals surface area contributed by atoms with Crippen molar-refractivity contribution < 1.29 is 18.3 Å². The van der Waals surface area contributed by atoms with Crippen LogP contribution in [0.3, 0.4) is 0 Å². The summed E-state index contributed by atoms with van der Waals surface area (Å²) in [5.74, 6) is -3.47. The van der Waals surface area contributed by atoms with Crippen molar-refractivity contribution in [3.05, 3.63) is 71.8 Å². The fourth-order valence-corrected chi connectivity index (χ4v) is 5.22. The minimum absolute atomic E-state index is 0.0530. The first-order chi connectivity index (χ1) is 15.5. The summed E-state index contributed by atoms with van der Waals surface area (Å²) in [6.45, 7) is 5.20. The molecule has 0 radical (unpaired) electrons. The maximum atomic E-state index is 15.6. The van der Waals surface area contributed by atoms with Gasteiger partial charge >= 0.3 is 0 Å². The molecule has 0 N–H and O–H groups in total. The molecule has 2 heterocycles. The lowest BCUT2D eigenvalue weighted by molar-refractivity contribution is -0.177. The second-order valence-electron chi connectivity index (χ2n) is 9.28. The van der Waals surface area contributed by atoms with Gasteiger partial charge in [0, 0.05) is 12.0 Å². The summed E-state index contributed by atoms with van der Waals surface area (Å²) in [7, 11) is 0. The van der Waals surface area contributed by atoms with Crippen molar-refractivity contribution in [1.82, 2.24) is 4.90 Å². The molecule has 0 aliphatic carbocycles. The maximum Gasteiger partial charge on any atom is 0.268 e. The number of nitrogens with zero attached hydrogens (tertiary/aromatic N) is 1. The van der Waals surface area contributed by atoms with E-state index in [-0.39, 0.29) is 12.1 Å². The molecule has 2 fully saturated rings. The zero-order chi connectivity index (χ0) is 22.6. The lowest BCUT2D eigenvalue weighted by atomic mass is 9.87. The molecule has 0 aromatic heterocycles. The largest absolute Gasteiger partial charge is 0.369 e. The smallest absolute Gasteiger partial charge is 0.268 e. The summed E-state index contributed by atoms with van der Waals surface area (Å²) in [5, 5.41) is 0. The summed E-state index contributed by atoms with van der Waals surface area (Å²) in [6.07, 6.45) is 2.32. The van der Waals surface area contributed by atoms with E-state index in [1.54, 1.807) is 6.92 Å². The van der Waals surface area contributed by atoms with Gasteiger partial charge in [0.2, 0.25) is 0 Å². The molecule has 3 nitrogen and oxygen atoms in total. The SMILES string of the molecule is CCCC[C@H]1[C@H](OCc2ccccc2)[C@@H](OCc2ccccc2)[C@H]2N1CC[C@H](C)C2(F)F. The number of piperidine rings is 1. The van der Waals surface area contributed by atoms with Gasteiger partial charge in [-0.15, -0.1) is 0 Å². The maximum absolute atomic E-state index is 15.6. The second kappa shape index (κ2) is 10.4. The predicted molar refractivity (Wildman–Crippen MR) is 123 cm³/mol. The highest BCUT2D eigenvalue weighted by molar-refractivity contribution is 5.16. The summed E-state index contributed by atoms with van der Waals surface area (Å²) in [5.41, 5.74) is 2.04. The predicted octanol–water partition coefficient (Wildman–Crippen LogP) is 6.08. The van der Waals surface area contributed by atoms with Crippen LogP contribution in [0.4, 0.5) is 8.78 Å². The lowest BCUT2D eigenvalue weighted by Crippen LogP contribution is -2.58. The van der Waals surface area contributed by atoms with Gasteiger partial charge in [-0.3, -0.25) is 4.90 Å². The molecule has 0 unspecified atom stereocenters. The second-order valence-corrected chi connectivity index (χ2v) is 9.28. The Kier molecular flexibility index (Phi) is 7.59. The van der Waals surface area contributed by atoms with Crippen molar-refractivity contribution in [2.45, 2.75) is 83.0 Å². The van der Waals surface area contributed by atoms with Crippen LogP contribution in [0.5, 0.6) is 0 Å². The molecule has 0 amide bonds. The number of hydrogen-bond acceptors (Lipinski definition) is 3. The third-order valence-corrected chi connectivity index (χ3v) is 7.09. The van der Waals surface area contributed by atoms with Gasteiger partial charge in [0.1, 0.15) is 18.2 Å². The summed E-state index contributed by atoms with van der Waals surface area (Å²) in [4.78, 5) is 2.01. The van der Waals surface area contributed by atoms with Gasteiger partial charge in [-0.2, -0.15) is 0 Å². The Labute approximate surface area is 190 Å². The Balaban J connectivity index is 1.61. The lowest BCUT2D eigenvalue weighted by Gasteiger charge is -2.43. The van der Waals surface area contributed by atoms with Gasteiger partial charge in [0.15, 0.2) is 0 Å². The van der Waals surface area contributed by atoms with Gasteiger partial charge in [-0.1, -0.05) is 87.4 Å². The van der Waals surface area contributed by atoms with E-state index < -0.39 is 24.0 Å². The number of hydrogen-bond donors (Lipinski definition) is 0. The molecule has 5 heteroatoms. The summed E-state index contributed by atoms with van der Waals surface area (Å²) < 4.78 is 43.9. The Morgan fingerprint density at radius 3 is 2.03 bits per heavy atom. The van der Waals surface area contributed by atoms with Crippen molar-refractivity contribution in [1.29, 1.82) is 0 Å². The molecule has 2 saturated heterocycles. The van der Waals surface area contributed by atoms with E-state index in [0.29, 0.717) is 26.2 Å². The molecule has 2 aliphatic heterocycles. The molecule has 0 bridgehead atoms. The number of unbranched alkanes of at least 4 members (excludes halogenated alkanes) is 1. The van der Waals surface area contributed by atoms with Crippen LogP contribution in [0.1, 0.15) is 50.7 Å². The van der Waals surface area contributed by atoms with Crippen molar-refractivity contribution in [3.63, 3.8) is 0 Å². The Morgan fingerprint density at radius 2 is 1.47 bits per heavy atom. The van der Waals surface area contributed by atoms with Crippen molar-refractivity contribution in [2.75, 3.05) is 6.54 Å². The Bertz CT molecular complexity index is 832. The summed E-state index contributed by atoms with van der Waals surface area (Å²) in [6, 6.07) is 18.7. The van der Waals surface area contributed by atoms with Crippen molar-refractivity contribution >= 4 is 0 Å². The van der Waals surface area contributed by atoms with Crippen LogP contribution in [0.15, 0.2) is 60.7 Å². The molecule has 0 saturated carbocycles. The topological polar surface area (TPSA) is 21.7 Å². The van der Waals surface area contributed by atoms with Crippen LogP contribution >= 0.6 is 0 Å². The van der Waals surface area contributed by atoms with Gasteiger partial charge in [0.05, 0.1) is 13.2 Å². The van der Waals surface area contributed by atoms with E-state index in [1.807, 2.05) is 65.6 Å². The Morgan fingerprint density at radius 1 is 0.906 bits per heavy atom. The number of ether oxygens (including phenoxy) is 2. The zero-order valence-electron chi connectivity index (χ0n) is 19.1. The van der Waals surface area contributed by atoms with E-state index in [2.05, 4.69) is 6.92 Å². The van der Waals surface area contributed by atoms with Crippen LogP contribution in [-0.2, 0) is 22.7 Å². The summed E-state index contributed by atoms with van der Waals surface area (Å²) >= 11 is 0. The van der Waals surface area contributed by atoms with E-state index in [4.69, 9.17) is 9.47 Å². The standard InChI is InChI=1S/C27H35F2NO2/c1-3-4-15-23-24(31-18-21-11-7-5-8-12-21)25(32-19-22-13-9-6-10-14-22)26-27(28,29)20(2)16-17-30(23)26/h5-14,20,23-26H,3-4,15-19H2,1-2H3/t20-,23-,24-,25+,26+/m0/s1. The van der Waals surface area contributed by atoms with E-state index >= 15 is 8.78 Å². The molecular weight excluding hydrogens is 408 g/mol. The first-order valence-electron chi connectivity index (χ1n) is 12.0. The van der Waals surface area contributed by atoms with Crippen LogP contribution in [0.2, 0.25) is 0 Å². The molecule has 2 aromatic rings. The average Bonchev–Trinajstić information content (AvgIpc) is 3.12. The number of halogens is 2. The third kappa shape index (κ3) is 4.90. The van der Waals surface area contributed by atoms with Crippen LogP contribution in [-0.4, -0.2) is 41.7 Å². The molecule has 4 rings (SSSR count). The van der Waals surface area contributed by atoms with Crippen LogP contribution in [0, 0.1) is 5.92 Å². The van der Waals surface area contributed by atoms with E-state index in [0.717, 1.165) is 30.4 Å². The normalized spacial score (nSPS) is 29.7. The van der Waals surface area contributed by atoms with Crippen molar-refractivity contribution in [3.8, 4) is 0 Å². The monoisotopic (exact) mass is 443 g/mol. The highest BCUT2D eigenvalue weighted by Gasteiger charge is 2.63. The highest BCUT2D eigenvalue weighted by atomic mass is 19.3. The minimum Gasteiger partial charge on any atom is -0.369 e.